The van der Waals surface area contributed by atoms with Crippen LogP contribution in [0.4, 0.5) is 10.6 Å². The maximum absolute atomic E-state index is 11.4. The molecule has 1 saturated heterocycles. The first-order valence-corrected chi connectivity index (χ1v) is 6.65. The first kappa shape index (κ1) is 13.6. The largest absolute Gasteiger partial charge is 0.453 e. The lowest BCUT2D eigenvalue weighted by molar-refractivity contribution is 0.121. The van der Waals surface area contributed by atoms with Crippen molar-refractivity contribution in [2.45, 2.75) is 19.8 Å². The van der Waals surface area contributed by atoms with Gasteiger partial charge in [0.15, 0.2) is 0 Å². The molecule has 19 heavy (non-hydrogen) atoms. The Morgan fingerprint density at radius 1 is 1.26 bits per heavy atom. The predicted octanol–water partition coefficient (Wildman–Crippen LogP) is 2.09. The van der Waals surface area contributed by atoms with E-state index in [0.29, 0.717) is 19.0 Å². The Kier molecular flexibility index (Phi) is 4.24. The van der Waals surface area contributed by atoms with E-state index in [1.54, 1.807) is 4.90 Å². The van der Waals surface area contributed by atoms with Gasteiger partial charge in [-0.2, -0.15) is 0 Å². The maximum atomic E-state index is 11.4. The second-order valence-electron chi connectivity index (χ2n) is 5.05. The van der Waals surface area contributed by atoms with Crippen LogP contribution >= 0.6 is 0 Å². The number of piperazine rings is 1. The van der Waals surface area contributed by atoms with Crippen LogP contribution in [0.25, 0.3) is 0 Å². The molecule has 0 saturated carbocycles. The molecule has 0 unspecified atom stereocenters. The minimum Gasteiger partial charge on any atom is -0.453 e. The molecule has 0 aliphatic carbocycles. The molecule has 2 rings (SSSR count). The van der Waals surface area contributed by atoms with Crippen molar-refractivity contribution in [1.29, 1.82) is 0 Å². The van der Waals surface area contributed by atoms with E-state index in [-0.39, 0.29) is 6.09 Å². The van der Waals surface area contributed by atoms with Gasteiger partial charge in [0.1, 0.15) is 5.82 Å². The highest BCUT2D eigenvalue weighted by atomic mass is 16.5. The van der Waals surface area contributed by atoms with Crippen molar-refractivity contribution in [3.8, 4) is 0 Å². The second kappa shape index (κ2) is 5.91. The molecule has 0 atom stereocenters. The van der Waals surface area contributed by atoms with E-state index in [1.807, 2.05) is 6.20 Å². The zero-order valence-corrected chi connectivity index (χ0v) is 11.8. The van der Waals surface area contributed by atoms with Crippen molar-refractivity contribution in [3.05, 3.63) is 23.9 Å². The van der Waals surface area contributed by atoms with E-state index in [0.717, 1.165) is 18.9 Å². The van der Waals surface area contributed by atoms with Gasteiger partial charge in [0.05, 0.1) is 7.11 Å². The number of nitrogens with zero attached hydrogens (tertiary/aromatic N) is 3. The Morgan fingerprint density at radius 2 is 1.95 bits per heavy atom. The molecule has 0 radical (unpaired) electrons. The number of carbonyl (C=O) groups is 1. The van der Waals surface area contributed by atoms with Crippen LogP contribution in [0.3, 0.4) is 0 Å². The summed E-state index contributed by atoms with van der Waals surface area (Å²) in [6.07, 6.45) is 1.69. The molecule has 1 aromatic heterocycles. The number of methoxy groups -OCH3 is 1. The average molecular weight is 263 g/mol. The number of carbonyl (C=O) groups excluding carboxylic acids is 1. The predicted molar refractivity (Wildman–Crippen MR) is 74.5 cm³/mol. The van der Waals surface area contributed by atoms with Gasteiger partial charge in [-0.1, -0.05) is 19.9 Å². The topological polar surface area (TPSA) is 45.7 Å². The third-order valence-electron chi connectivity index (χ3n) is 3.47. The van der Waals surface area contributed by atoms with Gasteiger partial charge in [0.25, 0.3) is 0 Å². The number of anilines is 1. The molecular formula is C14H21N3O2. The van der Waals surface area contributed by atoms with Crippen molar-refractivity contribution in [2.75, 3.05) is 38.2 Å². The molecule has 1 aliphatic rings. The van der Waals surface area contributed by atoms with Gasteiger partial charge in [0, 0.05) is 32.4 Å². The lowest BCUT2D eigenvalue weighted by Crippen LogP contribution is -2.49. The van der Waals surface area contributed by atoms with Crippen LogP contribution in [-0.2, 0) is 4.74 Å². The molecule has 104 valence electrons. The lowest BCUT2D eigenvalue weighted by atomic mass is 10.1. The van der Waals surface area contributed by atoms with Crippen LogP contribution in [0.2, 0.25) is 0 Å². The Bertz CT molecular complexity index is 423. The molecule has 0 spiro atoms. The van der Waals surface area contributed by atoms with Crippen LogP contribution in [0.5, 0.6) is 0 Å². The van der Waals surface area contributed by atoms with Crippen molar-refractivity contribution >= 4 is 11.9 Å². The third-order valence-corrected chi connectivity index (χ3v) is 3.47. The monoisotopic (exact) mass is 263 g/mol. The minimum absolute atomic E-state index is 0.247. The first-order valence-electron chi connectivity index (χ1n) is 6.65. The number of pyridine rings is 1. The number of rotatable bonds is 2. The number of aromatic nitrogens is 1. The van der Waals surface area contributed by atoms with E-state index in [1.165, 1.54) is 12.7 Å². The van der Waals surface area contributed by atoms with E-state index in [2.05, 4.69) is 35.9 Å². The SMILES string of the molecule is COC(=O)N1CCN(c2ccc(C(C)C)cn2)CC1. The highest BCUT2D eigenvalue weighted by Crippen LogP contribution is 2.18. The van der Waals surface area contributed by atoms with Crippen LogP contribution in [-0.4, -0.2) is 49.3 Å². The Hall–Kier alpha value is -1.78. The third kappa shape index (κ3) is 3.16. The Labute approximate surface area is 114 Å². The van der Waals surface area contributed by atoms with Crippen molar-refractivity contribution < 1.29 is 9.53 Å². The maximum Gasteiger partial charge on any atom is 0.409 e. The summed E-state index contributed by atoms with van der Waals surface area (Å²) in [4.78, 5) is 19.8. The molecule has 5 nitrogen and oxygen atoms in total. The van der Waals surface area contributed by atoms with Crippen LogP contribution in [0.1, 0.15) is 25.3 Å². The fraction of sp³-hybridized carbons (Fsp3) is 0.571. The molecule has 0 bridgehead atoms. The minimum atomic E-state index is -0.247. The average Bonchev–Trinajstić information content (AvgIpc) is 2.46. The van der Waals surface area contributed by atoms with Crippen LogP contribution in [0, 0.1) is 0 Å². The number of hydrogen-bond donors (Lipinski definition) is 0. The molecule has 1 fully saturated rings. The zero-order chi connectivity index (χ0) is 13.8. The zero-order valence-electron chi connectivity index (χ0n) is 11.8. The molecule has 1 aliphatic heterocycles. The van der Waals surface area contributed by atoms with Gasteiger partial charge in [-0.25, -0.2) is 9.78 Å². The van der Waals surface area contributed by atoms with E-state index in [9.17, 15) is 4.79 Å². The number of amides is 1. The van der Waals surface area contributed by atoms with Gasteiger partial charge < -0.3 is 14.5 Å². The lowest BCUT2D eigenvalue weighted by Gasteiger charge is -2.34. The van der Waals surface area contributed by atoms with E-state index in [4.69, 9.17) is 4.74 Å². The highest BCUT2D eigenvalue weighted by Gasteiger charge is 2.22. The van der Waals surface area contributed by atoms with Gasteiger partial charge in [-0.05, 0) is 17.5 Å². The molecule has 0 aromatic carbocycles. The van der Waals surface area contributed by atoms with Crippen molar-refractivity contribution in [3.63, 3.8) is 0 Å². The van der Waals surface area contributed by atoms with Crippen LogP contribution in [0.15, 0.2) is 18.3 Å². The molecular weight excluding hydrogens is 242 g/mol. The van der Waals surface area contributed by atoms with E-state index >= 15 is 0 Å². The smallest absolute Gasteiger partial charge is 0.409 e. The molecule has 0 N–H and O–H groups in total. The van der Waals surface area contributed by atoms with Gasteiger partial charge >= 0.3 is 6.09 Å². The summed E-state index contributed by atoms with van der Waals surface area (Å²) in [6.45, 7) is 7.27. The second-order valence-corrected chi connectivity index (χ2v) is 5.05. The fourth-order valence-electron chi connectivity index (χ4n) is 2.17. The fourth-order valence-corrected chi connectivity index (χ4v) is 2.17. The summed E-state index contributed by atoms with van der Waals surface area (Å²) in [5.41, 5.74) is 1.25. The summed E-state index contributed by atoms with van der Waals surface area (Å²) >= 11 is 0. The van der Waals surface area contributed by atoms with Gasteiger partial charge in [-0.3, -0.25) is 0 Å². The Balaban J connectivity index is 1.96. The quantitative estimate of drug-likeness (QED) is 0.819. The molecule has 1 amide bonds. The number of ether oxygens (including phenoxy) is 1. The highest BCUT2D eigenvalue weighted by molar-refractivity contribution is 5.67. The van der Waals surface area contributed by atoms with Crippen molar-refractivity contribution in [1.82, 2.24) is 9.88 Å². The molecule has 5 heteroatoms. The van der Waals surface area contributed by atoms with Gasteiger partial charge in [-0.15, -0.1) is 0 Å². The summed E-state index contributed by atoms with van der Waals surface area (Å²) in [5.74, 6) is 1.48. The summed E-state index contributed by atoms with van der Waals surface area (Å²) in [7, 11) is 1.42. The standard InChI is InChI=1S/C14H21N3O2/c1-11(2)12-4-5-13(15-10-12)16-6-8-17(9-7-16)14(18)19-3/h4-5,10-11H,6-9H2,1-3H3. The van der Waals surface area contributed by atoms with Gasteiger partial charge in [0.2, 0.25) is 0 Å². The normalized spacial score (nSPS) is 15.8. The Morgan fingerprint density at radius 3 is 2.42 bits per heavy atom. The van der Waals surface area contributed by atoms with E-state index < -0.39 is 0 Å². The molecule has 1 aromatic rings. The summed E-state index contributed by atoms with van der Waals surface area (Å²) in [6, 6.07) is 4.18. The summed E-state index contributed by atoms with van der Waals surface area (Å²) in [5, 5.41) is 0. The first-order chi connectivity index (χ1) is 9.11. The van der Waals surface area contributed by atoms with Crippen molar-refractivity contribution in [2.24, 2.45) is 0 Å². The van der Waals surface area contributed by atoms with Crippen LogP contribution < -0.4 is 4.90 Å². The number of hydrogen-bond acceptors (Lipinski definition) is 4. The summed E-state index contributed by atoms with van der Waals surface area (Å²) < 4.78 is 4.73. The molecule has 2 heterocycles.